The lowest BCUT2D eigenvalue weighted by Crippen LogP contribution is -2.45. The Balaban J connectivity index is 0.00000300. The fourth-order valence-electron chi connectivity index (χ4n) is 3.08. The zero-order valence-corrected chi connectivity index (χ0v) is 19.5. The molecule has 0 saturated heterocycles. The summed E-state index contributed by atoms with van der Waals surface area (Å²) in [5, 5.41) is 6.66. The van der Waals surface area contributed by atoms with Gasteiger partial charge in [-0.05, 0) is 24.1 Å². The number of rotatable bonds is 5. The molecule has 156 valence electrons. The molecule has 0 spiro atoms. The molecule has 3 rings (SSSR count). The first-order chi connectivity index (χ1) is 13.5. The minimum atomic E-state index is -0.00207. The molecule has 1 unspecified atom stereocenters. The van der Waals surface area contributed by atoms with Crippen LogP contribution >= 0.6 is 24.0 Å². The van der Waals surface area contributed by atoms with E-state index in [0.717, 1.165) is 23.3 Å². The fraction of sp³-hybridized carbons (Fsp3) is 0.364. The maximum Gasteiger partial charge on any atom is 0.241 e. The van der Waals surface area contributed by atoms with Crippen LogP contribution in [0.1, 0.15) is 29.2 Å². The van der Waals surface area contributed by atoms with Gasteiger partial charge in [0.2, 0.25) is 5.91 Å². The van der Waals surface area contributed by atoms with Crippen molar-refractivity contribution in [3.63, 3.8) is 0 Å². The highest BCUT2D eigenvalue weighted by molar-refractivity contribution is 14.0. The molecule has 0 aliphatic carbocycles. The summed E-state index contributed by atoms with van der Waals surface area (Å²) in [5.41, 5.74) is 3.47. The van der Waals surface area contributed by atoms with Crippen LogP contribution in [0.15, 0.2) is 53.5 Å². The van der Waals surface area contributed by atoms with Gasteiger partial charge in [0.25, 0.3) is 0 Å². The normalized spacial score (nSPS) is 15.4. The average Bonchev–Trinajstić information content (AvgIpc) is 2.71. The SMILES string of the molecule is Cc1ccccc1CN=C(NCC(=O)N(C)C)NC1CCOc2ccccc21.I. The van der Waals surface area contributed by atoms with E-state index in [2.05, 4.69) is 35.8 Å². The molecule has 1 aliphatic heterocycles. The smallest absolute Gasteiger partial charge is 0.241 e. The molecule has 1 atom stereocenters. The van der Waals surface area contributed by atoms with E-state index in [4.69, 9.17) is 9.73 Å². The van der Waals surface area contributed by atoms with Crippen LogP contribution in [-0.4, -0.2) is 44.0 Å². The first-order valence-corrected chi connectivity index (χ1v) is 9.56. The Morgan fingerprint density at radius 1 is 1.17 bits per heavy atom. The van der Waals surface area contributed by atoms with Crippen LogP contribution in [0.4, 0.5) is 0 Å². The summed E-state index contributed by atoms with van der Waals surface area (Å²) in [6, 6.07) is 16.3. The monoisotopic (exact) mass is 508 g/mol. The second-order valence-electron chi connectivity index (χ2n) is 7.10. The van der Waals surface area contributed by atoms with E-state index < -0.39 is 0 Å². The molecule has 1 amide bonds. The summed E-state index contributed by atoms with van der Waals surface area (Å²) in [7, 11) is 3.49. The van der Waals surface area contributed by atoms with Crippen molar-refractivity contribution in [3.05, 3.63) is 65.2 Å². The van der Waals surface area contributed by atoms with Crippen LogP contribution < -0.4 is 15.4 Å². The van der Waals surface area contributed by atoms with E-state index in [9.17, 15) is 4.79 Å². The number of nitrogens with one attached hydrogen (secondary N) is 2. The second-order valence-corrected chi connectivity index (χ2v) is 7.10. The maximum atomic E-state index is 12.0. The molecular weight excluding hydrogens is 479 g/mol. The van der Waals surface area contributed by atoms with Gasteiger partial charge in [0.1, 0.15) is 5.75 Å². The topological polar surface area (TPSA) is 66.0 Å². The van der Waals surface area contributed by atoms with Crippen molar-refractivity contribution >= 4 is 35.8 Å². The number of aliphatic imine (C=N–C) groups is 1. The van der Waals surface area contributed by atoms with Crippen molar-refractivity contribution < 1.29 is 9.53 Å². The number of likely N-dealkylation sites (N-methyl/N-ethyl adjacent to an activating group) is 1. The Morgan fingerprint density at radius 2 is 1.90 bits per heavy atom. The van der Waals surface area contributed by atoms with Crippen molar-refractivity contribution in [2.24, 2.45) is 4.99 Å². The standard InChI is InChI=1S/C22H28N4O2.HI/c1-16-8-4-5-9-17(16)14-23-22(24-15-21(27)26(2)3)25-19-12-13-28-20-11-7-6-10-18(19)20;/h4-11,19H,12-15H2,1-3H3,(H2,23,24,25);1H. The molecule has 6 nitrogen and oxygen atoms in total. The number of fused-ring (bicyclic) bond motifs is 1. The van der Waals surface area contributed by atoms with Gasteiger partial charge in [0.05, 0.1) is 25.7 Å². The van der Waals surface area contributed by atoms with Gasteiger partial charge in [-0.3, -0.25) is 4.79 Å². The van der Waals surface area contributed by atoms with Crippen LogP contribution in [-0.2, 0) is 11.3 Å². The van der Waals surface area contributed by atoms with Gasteiger partial charge in [0, 0.05) is 26.1 Å². The van der Waals surface area contributed by atoms with Crippen LogP contribution in [0.5, 0.6) is 5.75 Å². The van der Waals surface area contributed by atoms with Crippen LogP contribution in [0.25, 0.3) is 0 Å². The molecule has 2 aromatic rings. The molecule has 1 heterocycles. The predicted octanol–water partition coefficient (Wildman–Crippen LogP) is 3.26. The van der Waals surface area contributed by atoms with Gasteiger partial charge in [0.15, 0.2) is 5.96 Å². The molecule has 29 heavy (non-hydrogen) atoms. The zero-order chi connectivity index (χ0) is 19.9. The third-order valence-corrected chi connectivity index (χ3v) is 4.84. The molecule has 2 N–H and O–H groups in total. The van der Waals surface area contributed by atoms with E-state index in [1.807, 2.05) is 30.3 Å². The number of hydrogen-bond acceptors (Lipinski definition) is 3. The number of benzene rings is 2. The number of aryl methyl sites for hydroxylation is 1. The predicted molar refractivity (Wildman–Crippen MR) is 127 cm³/mol. The lowest BCUT2D eigenvalue weighted by Gasteiger charge is -2.28. The Hall–Kier alpha value is -2.29. The molecule has 0 aromatic heterocycles. The molecule has 1 aliphatic rings. The largest absolute Gasteiger partial charge is 0.493 e. The number of para-hydroxylation sites is 1. The highest BCUT2D eigenvalue weighted by atomic mass is 127. The number of carbonyl (C=O) groups excluding carboxylic acids is 1. The van der Waals surface area contributed by atoms with Crippen molar-refractivity contribution in [3.8, 4) is 5.75 Å². The van der Waals surface area contributed by atoms with Gasteiger partial charge < -0.3 is 20.3 Å². The van der Waals surface area contributed by atoms with Crippen molar-refractivity contribution in [1.29, 1.82) is 0 Å². The van der Waals surface area contributed by atoms with Crippen LogP contribution in [0.3, 0.4) is 0 Å². The van der Waals surface area contributed by atoms with Crippen molar-refractivity contribution in [2.75, 3.05) is 27.2 Å². The fourth-order valence-corrected chi connectivity index (χ4v) is 3.08. The number of guanidine groups is 1. The quantitative estimate of drug-likeness (QED) is 0.370. The third-order valence-electron chi connectivity index (χ3n) is 4.84. The number of halogens is 1. The molecule has 0 radical (unpaired) electrons. The van der Waals surface area contributed by atoms with Crippen LogP contribution in [0, 0.1) is 6.92 Å². The summed E-state index contributed by atoms with van der Waals surface area (Å²) in [6.45, 7) is 3.46. The Morgan fingerprint density at radius 3 is 2.66 bits per heavy atom. The number of amides is 1. The summed E-state index contributed by atoms with van der Waals surface area (Å²) in [6.07, 6.45) is 0.837. The number of ether oxygens (including phenoxy) is 1. The zero-order valence-electron chi connectivity index (χ0n) is 17.1. The second kappa shape index (κ2) is 11.0. The molecule has 7 heteroatoms. The molecule has 0 bridgehead atoms. The molecular formula is C22H29IN4O2. The summed E-state index contributed by atoms with van der Waals surface area (Å²) < 4.78 is 5.75. The average molecular weight is 508 g/mol. The Bertz CT molecular complexity index is 854. The maximum absolute atomic E-state index is 12.0. The van der Waals surface area contributed by atoms with E-state index in [-0.39, 0.29) is 42.5 Å². The summed E-state index contributed by atoms with van der Waals surface area (Å²) in [5.74, 6) is 1.52. The third kappa shape index (κ3) is 6.35. The number of carbonyl (C=O) groups is 1. The molecule has 0 fully saturated rings. The Kier molecular flexibility index (Phi) is 8.75. The minimum Gasteiger partial charge on any atom is -0.493 e. The van der Waals surface area contributed by atoms with Gasteiger partial charge >= 0.3 is 0 Å². The van der Waals surface area contributed by atoms with E-state index in [1.165, 1.54) is 5.56 Å². The van der Waals surface area contributed by atoms with Gasteiger partial charge in [-0.25, -0.2) is 4.99 Å². The highest BCUT2D eigenvalue weighted by Crippen LogP contribution is 2.31. The first kappa shape index (κ1) is 23.0. The van der Waals surface area contributed by atoms with Gasteiger partial charge in [-0.2, -0.15) is 0 Å². The van der Waals surface area contributed by atoms with E-state index >= 15 is 0 Å². The van der Waals surface area contributed by atoms with E-state index in [0.29, 0.717) is 19.1 Å². The number of nitrogens with zero attached hydrogens (tertiary/aromatic N) is 2. The summed E-state index contributed by atoms with van der Waals surface area (Å²) >= 11 is 0. The van der Waals surface area contributed by atoms with Crippen molar-refractivity contribution in [2.45, 2.75) is 25.9 Å². The highest BCUT2D eigenvalue weighted by Gasteiger charge is 2.22. The number of hydrogen-bond donors (Lipinski definition) is 2. The van der Waals surface area contributed by atoms with E-state index in [1.54, 1.807) is 19.0 Å². The van der Waals surface area contributed by atoms with Gasteiger partial charge in [-0.1, -0.05) is 42.5 Å². The lowest BCUT2D eigenvalue weighted by molar-refractivity contribution is -0.127. The van der Waals surface area contributed by atoms with Gasteiger partial charge in [-0.15, -0.1) is 24.0 Å². The Labute approximate surface area is 189 Å². The minimum absolute atomic E-state index is 0. The summed E-state index contributed by atoms with van der Waals surface area (Å²) in [4.78, 5) is 18.3. The molecule has 2 aromatic carbocycles. The van der Waals surface area contributed by atoms with Crippen LogP contribution in [0.2, 0.25) is 0 Å². The van der Waals surface area contributed by atoms with Crippen molar-refractivity contribution in [1.82, 2.24) is 15.5 Å². The lowest BCUT2D eigenvalue weighted by atomic mass is 10.0. The molecule has 0 saturated carbocycles. The first-order valence-electron chi connectivity index (χ1n) is 9.56.